The summed E-state index contributed by atoms with van der Waals surface area (Å²) in [4.78, 5) is 18.4. The number of carbonyl (C=O) groups excluding carboxylic acids is 1. The maximum absolute atomic E-state index is 12.1. The van der Waals surface area contributed by atoms with Gasteiger partial charge in [-0.25, -0.2) is 9.78 Å². The van der Waals surface area contributed by atoms with Crippen molar-refractivity contribution in [2.24, 2.45) is 5.92 Å². The summed E-state index contributed by atoms with van der Waals surface area (Å²) in [6, 6.07) is 6.00. The van der Waals surface area contributed by atoms with E-state index in [9.17, 15) is 4.79 Å². The third-order valence-corrected chi connectivity index (χ3v) is 5.30. The monoisotopic (exact) mass is 412 g/mol. The van der Waals surface area contributed by atoms with Gasteiger partial charge in [0.05, 0.1) is 16.8 Å². The molecule has 1 amide bonds. The average molecular weight is 413 g/mol. The molecule has 1 aliphatic heterocycles. The van der Waals surface area contributed by atoms with Crippen LogP contribution in [0.15, 0.2) is 22.7 Å². The Morgan fingerprint density at radius 3 is 2.96 bits per heavy atom. The second-order valence-corrected chi connectivity index (χ2v) is 8.81. The van der Waals surface area contributed by atoms with Crippen LogP contribution in [0.4, 0.5) is 4.79 Å². The number of rotatable bonds is 3. The van der Waals surface area contributed by atoms with Crippen molar-refractivity contribution in [2.45, 2.75) is 32.8 Å². The number of nitrogens with zero attached hydrogens (tertiary/aromatic N) is 2. The van der Waals surface area contributed by atoms with Crippen LogP contribution >= 0.6 is 27.3 Å². The number of para-hydroxylation sites is 1. The minimum Gasteiger partial charge on any atom is -0.470 e. The summed E-state index contributed by atoms with van der Waals surface area (Å²) in [6.45, 7) is 7.60. The number of ether oxygens (including phenoxy) is 2. The van der Waals surface area contributed by atoms with Crippen LogP contribution in [0, 0.1) is 5.92 Å². The molecule has 0 radical (unpaired) electrons. The van der Waals surface area contributed by atoms with E-state index in [-0.39, 0.29) is 6.09 Å². The van der Waals surface area contributed by atoms with Crippen LogP contribution in [0.2, 0.25) is 0 Å². The van der Waals surface area contributed by atoms with Gasteiger partial charge in [0.2, 0.25) is 0 Å². The van der Waals surface area contributed by atoms with Crippen LogP contribution in [0.5, 0.6) is 5.19 Å². The Balaban J connectivity index is 1.54. The smallest absolute Gasteiger partial charge is 0.410 e. The first kappa shape index (κ1) is 17.5. The summed E-state index contributed by atoms with van der Waals surface area (Å²) >= 11 is 5.05. The molecule has 130 valence electrons. The molecule has 1 unspecified atom stereocenters. The molecular weight excluding hydrogens is 392 g/mol. The number of aromatic nitrogens is 1. The summed E-state index contributed by atoms with van der Waals surface area (Å²) in [5.74, 6) is 0.313. The highest BCUT2D eigenvalue weighted by molar-refractivity contribution is 9.10. The molecule has 1 aromatic heterocycles. The van der Waals surface area contributed by atoms with E-state index in [0.717, 1.165) is 21.1 Å². The quantitative estimate of drug-likeness (QED) is 0.733. The molecule has 1 fully saturated rings. The zero-order chi connectivity index (χ0) is 17.3. The Morgan fingerprint density at radius 2 is 2.25 bits per heavy atom. The fourth-order valence-corrected chi connectivity index (χ4v) is 4.04. The summed E-state index contributed by atoms with van der Waals surface area (Å²) in [5.41, 5.74) is 0.472. The van der Waals surface area contributed by atoms with Crippen LogP contribution in [-0.4, -0.2) is 41.3 Å². The van der Waals surface area contributed by atoms with E-state index in [2.05, 4.69) is 20.9 Å². The maximum Gasteiger partial charge on any atom is 0.410 e. The molecule has 1 aliphatic rings. The second-order valence-electron chi connectivity index (χ2n) is 6.96. The number of amides is 1. The summed E-state index contributed by atoms with van der Waals surface area (Å²) in [5, 5.41) is 0.674. The minimum atomic E-state index is -0.458. The molecule has 0 bridgehead atoms. The van der Waals surface area contributed by atoms with Crippen LogP contribution in [0.1, 0.15) is 27.2 Å². The van der Waals surface area contributed by atoms with Gasteiger partial charge in [-0.1, -0.05) is 17.4 Å². The SMILES string of the molecule is CC(C)(C)OC(=O)N1CCC(COc2nc3c(Br)cccc3s2)C1. The largest absolute Gasteiger partial charge is 0.470 e. The first-order valence-corrected chi connectivity index (χ1v) is 9.58. The third kappa shape index (κ3) is 4.19. The van der Waals surface area contributed by atoms with Gasteiger partial charge in [0, 0.05) is 23.5 Å². The number of fused-ring (bicyclic) bond motifs is 1. The number of carbonyl (C=O) groups is 1. The normalized spacial score (nSPS) is 18.2. The standard InChI is InChI=1S/C17H21BrN2O3S/c1-17(2,3)23-16(21)20-8-7-11(9-20)10-22-15-19-14-12(18)5-4-6-13(14)24-15/h4-6,11H,7-10H2,1-3H3. The van der Waals surface area contributed by atoms with E-state index >= 15 is 0 Å². The number of benzene rings is 1. The topological polar surface area (TPSA) is 51.7 Å². The average Bonchev–Trinajstić information content (AvgIpc) is 3.10. The second kappa shape index (κ2) is 6.88. The lowest BCUT2D eigenvalue weighted by molar-refractivity contribution is 0.0285. The first-order chi connectivity index (χ1) is 11.3. The van der Waals surface area contributed by atoms with E-state index in [0.29, 0.717) is 30.8 Å². The third-order valence-electron chi connectivity index (χ3n) is 3.73. The molecule has 0 saturated carbocycles. The van der Waals surface area contributed by atoms with Crippen LogP contribution in [-0.2, 0) is 4.74 Å². The van der Waals surface area contributed by atoms with Crippen molar-refractivity contribution in [1.82, 2.24) is 9.88 Å². The van der Waals surface area contributed by atoms with Gasteiger partial charge >= 0.3 is 6.09 Å². The Hall–Kier alpha value is -1.34. The highest BCUT2D eigenvalue weighted by Crippen LogP contribution is 2.32. The highest BCUT2D eigenvalue weighted by atomic mass is 79.9. The van der Waals surface area contributed by atoms with Crippen molar-refractivity contribution in [3.8, 4) is 5.19 Å². The van der Waals surface area contributed by atoms with Crippen molar-refractivity contribution in [3.63, 3.8) is 0 Å². The van der Waals surface area contributed by atoms with E-state index in [1.54, 1.807) is 16.2 Å². The van der Waals surface area contributed by atoms with E-state index in [1.807, 2.05) is 39.0 Å². The number of likely N-dealkylation sites (tertiary alicyclic amines) is 1. The Kier molecular flexibility index (Phi) is 5.01. The fourth-order valence-electron chi connectivity index (χ4n) is 2.61. The lowest BCUT2D eigenvalue weighted by Crippen LogP contribution is -2.35. The maximum atomic E-state index is 12.1. The van der Waals surface area contributed by atoms with Crippen molar-refractivity contribution in [2.75, 3.05) is 19.7 Å². The first-order valence-electron chi connectivity index (χ1n) is 7.97. The molecule has 7 heteroatoms. The van der Waals surface area contributed by atoms with Crippen molar-refractivity contribution in [3.05, 3.63) is 22.7 Å². The molecule has 0 N–H and O–H groups in total. The van der Waals surface area contributed by atoms with Crippen molar-refractivity contribution in [1.29, 1.82) is 0 Å². The summed E-state index contributed by atoms with van der Waals surface area (Å²) < 4.78 is 13.4. The van der Waals surface area contributed by atoms with Gasteiger partial charge in [0.15, 0.2) is 0 Å². The molecule has 1 aromatic carbocycles. The molecule has 1 atom stereocenters. The Labute approximate surface area is 154 Å². The lowest BCUT2D eigenvalue weighted by atomic mass is 10.1. The molecule has 0 aliphatic carbocycles. The van der Waals surface area contributed by atoms with Gasteiger partial charge in [0.1, 0.15) is 5.60 Å². The van der Waals surface area contributed by atoms with Crippen molar-refractivity contribution >= 4 is 43.6 Å². The molecule has 5 nitrogen and oxygen atoms in total. The highest BCUT2D eigenvalue weighted by Gasteiger charge is 2.30. The van der Waals surface area contributed by atoms with E-state index in [4.69, 9.17) is 9.47 Å². The van der Waals surface area contributed by atoms with Gasteiger partial charge in [-0.05, 0) is 55.3 Å². The molecule has 3 rings (SSSR count). The van der Waals surface area contributed by atoms with Crippen LogP contribution in [0.25, 0.3) is 10.2 Å². The van der Waals surface area contributed by atoms with Gasteiger partial charge in [-0.15, -0.1) is 0 Å². The number of thiazole rings is 1. The number of hydrogen-bond acceptors (Lipinski definition) is 5. The predicted octanol–water partition coefficient (Wildman–Crippen LogP) is 4.69. The lowest BCUT2D eigenvalue weighted by Gasteiger charge is -2.24. The summed E-state index contributed by atoms with van der Waals surface area (Å²) in [7, 11) is 0. The van der Waals surface area contributed by atoms with Gasteiger partial charge < -0.3 is 14.4 Å². The Morgan fingerprint density at radius 1 is 1.46 bits per heavy atom. The minimum absolute atomic E-state index is 0.242. The predicted molar refractivity (Wildman–Crippen MR) is 98.7 cm³/mol. The number of halogens is 1. The van der Waals surface area contributed by atoms with E-state index < -0.39 is 5.60 Å². The van der Waals surface area contributed by atoms with Gasteiger partial charge in [0.25, 0.3) is 5.19 Å². The zero-order valence-electron chi connectivity index (χ0n) is 14.0. The number of hydrogen-bond donors (Lipinski definition) is 0. The van der Waals surface area contributed by atoms with Gasteiger partial charge in [-0.3, -0.25) is 0 Å². The van der Waals surface area contributed by atoms with Crippen molar-refractivity contribution < 1.29 is 14.3 Å². The molecule has 24 heavy (non-hydrogen) atoms. The molecule has 1 saturated heterocycles. The molecule has 2 heterocycles. The molecule has 2 aromatic rings. The Bertz CT molecular complexity index is 741. The van der Waals surface area contributed by atoms with Gasteiger partial charge in [-0.2, -0.15) is 0 Å². The van der Waals surface area contributed by atoms with Crippen LogP contribution < -0.4 is 4.74 Å². The fraction of sp³-hybridized carbons (Fsp3) is 0.529. The van der Waals surface area contributed by atoms with Crippen LogP contribution in [0.3, 0.4) is 0 Å². The zero-order valence-corrected chi connectivity index (χ0v) is 16.4. The molecule has 0 spiro atoms. The molecular formula is C17H21BrN2O3S. The summed E-state index contributed by atoms with van der Waals surface area (Å²) in [6.07, 6.45) is 0.683. The van der Waals surface area contributed by atoms with E-state index in [1.165, 1.54) is 0 Å².